The number of nitrogens with two attached hydrogens (primary N) is 1. The molecule has 2 aromatic carbocycles. The summed E-state index contributed by atoms with van der Waals surface area (Å²) in [6, 6.07) is 12.0. The number of hydrogen-bond donors (Lipinski definition) is 3. The van der Waals surface area contributed by atoms with E-state index in [-0.39, 0.29) is 11.4 Å². The molecule has 2 amide bonds. The number of carbonyl (C=O) groups excluding carboxylic acids is 2. The Bertz CT molecular complexity index is 849. The summed E-state index contributed by atoms with van der Waals surface area (Å²) in [5.74, 6) is -1.64. The average molecular weight is 368 g/mol. The van der Waals surface area contributed by atoms with E-state index < -0.39 is 21.8 Å². The van der Waals surface area contributed by atoms with Crippen LogP contribution in [0.15, 0.2) is 53.4 Å². The number of sulfonamides is 1. The van der Waals surface area contributed by atoms with E-state index in [1.54, 1.807) is 24.3 Å². The van der Waals surface area contributed by atoms with Gasteiger partial charge in [-0.2, -0.15) is 0 Å². The Balaban J connectivity index is 1.90. The van der Waals surface area contributed by atoms with Crippen LogP contribution in [-0.4, -0.2) is 20.2 Å². The predicted octanol–water partition coefficient (Wildman–Crippen LogP) is 1.24. The van der Waals surface area contributed by atoms with Gasteiger partial charge >= 0.3 is 11.8 Å². The molecule has 0 bridgehead atoms. The molecule has 0 saturated carbocycles. The third-order valence-corrected chi connectivity index (χ3v) is 4.19. The molecule has 0 aliphatic heterocycles. The lowest BCUT2D eigenvalue weighted by atomic mass is 10.2. The van der Waals surface area contributed by atoms with Crippen molar-refractivity contribution in [3.8, 4) is 0 Å². The number of amides is 2. The van der Waals surface area contributed by atoms with Crippen molar-refractivity contribution in [2.75, 3.05) is 5.32 Å². The first-order valence-corrected chi connectivity index (χ1v) is 8.64. The summed E-state index contributed by atoms with van der Waals surface area (Å²) in [5.41, 5.74) is 1.06. The van der Waals surface area contributed by atoms with Crippen molar-refractivity contribution in [1.29, 1.82) is 0 Å². The zero-order chi connectivity index (χ0) is 17.7. The number of primary sulfonamides is 1. The van der Waals surface area contributed by atoms with Gasteiger partial charge in [-0.05, 0) is 42.0 Å². The van der Waals surface area contributed by atoms with Gasteiger partial charge in [0.15, 0.2) is 0 Å². The molecule has 2 rings (SSSR count). The number of benzene rings is 2. The standard InChI is InChI=1S/C15H14ClN3O4S/c16-11-3-5-12(6-4-11)19-15(21)14(20)18-9-10-1-7-13(8-2-10)24(17,22)23/h1-8H,9H2,(H,18,20)(H,19,21)(H2,17,22,23). The van der Waals surface area contributed by atoms with E-state index in [4.69, 9.17) is 16.7 Å². The van der Waals surface area contributed by atoms with E-state index in [9.17, 15) is 18.0 Å². The maximum atomic E-state index is 11.8. The van der Waals surface area contributed by atoms with E-state index in [2.05, 4.69) is 10.6 Å². The van der Waals surface area contributed by atoms with Crippen molar-refractivity contribution in [2.24, 2.45) is 5.14 Å². The fourth-order valence-electron chi connectivity index (χ4n) is 1.78. The zero-order valence-corrected chi connectivity index (χ0v) is 13.9. The lowest BCUT2D eigenvalue weighted by molar-refractivity contribution is -0.136. The number of halogens is 1. The van der Waals surface area contributed by atoms with E-state index in [0.717, 1.165) is 0 Å². The quantitative estimate of drug-likeness (QED) is 0.704. The number of hydrogen-bond acceptors (Lipinski definition) is 4. The van der Waals surface area contributed by atoms with Gasteiger partial charge < -0.3 is 10.6 Å². The zero-order valence-electron chi connectivity index (χ0n) is 12.3. The minimum absolute atomic E-state index is 0.0296. The van der Waals surface area contributed by atoms with Gasteiger partial charge in [0, 0.05) is 17.3 Å². The van der Waals surface area contributed by atoms with Crippen LogP contribution in [0.3, 0.4) is 0 Å². The molecule has 4 N–H and O–H groups in total. The monoisotopic (exact) mass is 367 g/mol. The summed E-state index contributed by atoms with van der Waals surface area (Å²) >= 11 is 5.73. The fraction of sp³-hybridized carbons (Fsp3) is 0.0667. The second kappa shape index (κ2) is 7.43. The van der Waals surface area contributed by atoms with Crippen LogP contribution in [0.25, 0.3) is 0 Å². The van der Waals surface area contributed by atoms with Gasteiger partial charge in [0.2, 0.25) is 10.0 Å². The first-order chi connectivity index (χ1) is 11.3. The van der Waals surface area contributed by atoms with Gasteiger partial charge in [-0.15, -0.1) is 0 Å². The molecule has 0 aromatic heterocycles. The van der Waals surface area contributed by atoms with E-state index >= 15 is 0 Å². The van der Waals surface area contributed by atoms with E-state index in [0.29, 0.717) is 16.3 Å². The normalized spacial score (nSPS) is 10.9. The fourth-order valence-corrected chi connectivity index (χ4v) is 2.42. The van der Waals surface area contributed by atoms with Crippen molar-refractivity contribution in [3.05, 3.63) is 59.1 Å². The van der Waals surface area contributed by atoms with Gasteiger partial charge in [0.1, 0.15) is 0 Å². The molecular formula is C15H14ClN3O4S. The average Bonchev–Trinajstić information content (AvgIpc) is 2.54. The first-order valence-electron chi connectivity index (χ1n) is 6.72. The van der Waals surface area contributed by atoms with Crippen molar-refractivity contribution >= 4 is 39.1 Å². The van der Waals surface area contributed by atoms with Gasteiger partial charge in [0.05, 0.1) is 4.90 Å². The summed E-state index contributed by atoms with van der Waals surface area (Å²) in [6.07, 6.45) is 0. The molecule has 0 heterocycles. The van der Waals surface area contributed by atoms with Crippen LogP contribution >= 0.6 is 11.6 Å². The Morgan fingerprint density at radius 2 is 1.54 bits per heavy atom. The van der Waals surface area contributed by atoms with Crippen molar-refractivity contribution in [2.45, 2.75) is 11.4 Å². The number of rotatable bonds is 4. The Hall–Kier alpha value is -2.42. The highest BCUT2D eigenvalue weighted by Gasteiger charge is 2.13. The van der Waals surface area contributed by atoms with Crippen molar-refractivity contribution < 1.29 is 18.0 Å². The molecule has 7 nitrogen and oxygen atoms in total. The molecule has 0 aliphatic carbocycles. The predicted molar refractivity (Wildman–Crippen MR) is 89.7 cm³/mol. The Morgan fingerprint density at radius 1 is 0.958 bits per heavy atom. The third kappa shape index (κ3) is 5.05. The lowest BCUT2D eigenvalue weighted by Gasteiger charge is -2.07. The van der Waals surface area contributed by atoms with E-state index in [1.165, 1.54) is 24.3 Å². The van der Waals surface area contributed by atoms with Gasteiger partial charge in [-0.25, -0.2) is 13.6 Å². The summed E-state index contributed by atoms with van der Waals surface area (Å²) in [4.78, 5) is 23.5. The topological polar surface area (TPSA) is 118 Å². The molecule has 0 unspecified atom stereocenters. The molecule has 126 valence electrons. The maximum absolute atomic E-state index is 11.8. The van der Waals surface area contributed by atoms with Gasteiger partial charge in [-0.1, -0.05) is 23.7 Å². The smallest absolute Gasteiger partial charge is 0.313 e. The molecule has 0 spiro atoms. The van der Waals surface area contributed by atoms with Crippen LogP contribution in [0.4, 0.5) is 5.69 Å². The third-order valence-electron chi connectivity index (χ3n) is 3.01. The highest BCUT2D eigenvalue weighted by Crippen LogP contribution is 2.13. The number of anilines is 1. The second-order valence-electron chi connectivity index (χ2n) is 4.83. The Morgan fingerprint density at radius 3 is 2.08 bits per heavy atom. The minimum atomic E-state index is -3.76. The summed E-state index contributed by atoms with van der Waals surface area (Å²) in [7, 11) is -3.76. The Kier molecular flexibility index (Phi) is 5.55. The molecule has 2 aromatic rings. The minimum Gasteiger partial charge on any atom is -0.344 e. The molecule has 0 saturated heterocycles. The molecular weight excluding hydrogens is 354 g/mol. The molecule has 0 radical (unpaired) electrons. The summed E-state index contributed by atoms with van der Waals surface area (Å²) < 4.78 is 22.3. The van der Waals surface area contributed by atoms with Crippen LogP contribution in [0.5, 0.6) is 0 Å². The number of nitrogens with one attached hydrogen (secondary N) is 2. The summed E-state index contributed by atoms with van der Waals surface area (Å²) in [6.45, 7) is 0.0672. The largest absolute Gasteiger partial charge is 0.344 e. The lowest BCUT2D eigenvalue weighted by Crippen LogP contribution is -2.34. The van der Waals surface area contributed by atoms with Crippen LogP contribution in [0.2, 0.25) is 5.02 Å². The highest BCUT2D eigenvalue weighted by atomic mass is 35.5. The van der Waals surface area contributed by atoms with Crippen LogP contribution in [0, 0.1) is 0 Å². The SMILES string of the molecule is NS(=O)(=O)c1ccc(CNC(=O)C(=O)Nc2ccc(Cl)cc2)cc1. The van der Waals surface area contributed by atoms with Crippen molar-refractivity contribution in [3.63, 3.8) is 0 Å². The second-order valence-corrected chi connectivity index (χ2v) is 6.83. The number of carbonyl (C=O) groups is 2. The highest BCUT2D eigenvalue weighted by molar-refractivity contribution is 7.89. The summed E-state index contributed by atoms with van der Waals surface area (Å²) in [5, 5.41) is 10.4. The van der Waals surface area contributed by atoms with Gasteiger partial charge in [-0.3, -0.25) is 9.59 Å². The molecule has 24 heavy (non-hydrogen) atoms. The Labute approximate surface area is 143 Å². The maximum Gasteiger partial charge on any atom is 0.313 e. The van der Waals surface area contributed by atoms with E-state index in [1.807, 2.05) is 0 Å². The molecule has 0 atom stereocenters. The molecule has 0 fully saturated rings. The molecule has 9 heteroatoms. The van der Waals surface area contributed by atoms with Crippen LogP contribution < -0.4 is 15.8 Å². The molecule has 0 aliphatic rings. The van der Waals surface area contributed by atoms with Crippen molar-refractivity contribution in [1.82, 2.24) is 5.32 Å². The van der Waals surface area contributed by atoms with Crippen LogP contribution in [-0.2, 0) is 26.2 Å². The van der Waals surface area contributed by atoms with Crippen LogP contribution in [0.1, 0.15) is 5.56 Å². The van der Waals surface area contributed by atoms with Gasteiger partial charge in [0.25, 0.3) is 0 Å². The first kappa shape index (κ1) is 17.9.